The number of nitrogens with zero attached hydrogens (tertiary/aromatic N) is 3. The second kappa shape index (κ2) is 10.9. The second-order valence-electron chi connectivity index (χ2n) is 10.6. The fourth-order valence-electron chi connectivity index (χ4n) is 5.94. The summed E-state index contributed by atoms with van der Waals surface area (Å²) >= 11 is 0. The average molecular weight is 538 g/mol. The molecule has 3 amide bonds. The number of sulfone groups is 1. The Morgan fingerprint density at radius 2 is 1.82 bits per heavy atom. The summed E-state index contributed by atoms with van der Waals surface area (Å²) in [6.07, 6.45) is 3.80. The van der Waals surface area contributed by atoms with Crippen LogP contribution in [0.2, 0.25) is 0 Å². The fourth-order valence-corrected chi connectivity index (χ4v) is 7.64. The van der Waals surface area contributed by atoms with Gasteiger partial charge in [-0.25, -0.2) is 8.42 Å². The summed E-state index contributed by atoms with van der Waals surface area (Å²) in [5.74, 6) is -1.12. The molecule has 3 heterocycles. The minimum Gasteiger partial charge on any atom is -0.370 e. The van der Waals surface area contributed by atoms with Crippen molar-refractivity contribution < 1.29 is 22.8 Å². The lowest BCUT2D eigenvalue weighted by atomic mass is 9.94. The van der Waals surface area contributed by atoms with Gasteiger partial charge in [0.05, 0.1) is 40.3 Å². The zero-order valence-electron chi connectivity index (χ0n) is 21.8. The van der Waals surface area contributed by atoms with E-state index in [4.69, 9.17) is 0 Å². The van der Waals surface area contributed by atoms with E-state index >= 15 is 0 Å². The number of hydrogen-bond donors (Lipinski definition) is 0. The molecule has 2 saturated heterocycles. The van der Waals surface area contributed by atoms with Gasteiger partial charge in [0.15, 0.2) is 9.84 Å². The van der Waals surface area contributed by atoms with Crippen LogP contribution in [0.5, 0.6) is 0 Å². The Labute approximate surface area is 224 Å². The van der Waals surface area contributed by atoms with Gasteiger partial charge in [-0.15, -0.1) is 0 Å². The third kappa shape index (κ3) is 5.21. The molecule has 38 heavy (non-hydrogen) atoms. The van der Waals surface area contributed by atoms with Gasteiger partial charge in [-0.05, 0) is 43.4 Å². The Morgan fingerprint density at radius 1 is 1.03 bits per heavy atom. The first-order chi connectivity index (χ1) is 18.3. The maximum Gasteiger partial charge on any atom is 0.263 e. The summed E-state index contributed by atoms with van der Waals surface area (Å²) in [5, 5.41) is 0. The van der Waals surface area contributed by atoms with Crippen LogP contribution < -0.4 is 4.90 Å². The zero-order chi connectivity index (χ0) is 26.9. The highest BCUT2D eigenvalue weighted by molar-refractivity contribution is 7.91. The molecule has 0 aromatic heterocycles. The van der Waals surface area contributed by atoms with Crippen LogP contribution in [0.1, 0.15) is 65.3 Å². The highest BCUT2D eigenvalue weighted by Gasteiger charge is 2.46. The van der Waals surface area contributed by atoms with Crippen LogP contribution in [0, 0.1) is 5.92 Å². The topological polar surface area (TPSA) is 95.1 Å². The van der Waals surface area contributed by atoms with Crippen LogP contribution in [0.15, 0.2) is 48.5 Å². The summed E-state index contributed by atoms with van der Waals surface area (Å²) < 4.78 is 24.1. The minimum atomic E-state index is -3.25. The van der Waals surface area contributed by atoms with Gasteiger partial charge in [0.25, 0.3) is 11.8 Å². The number of anilines is 1. The summed E-state index contributed by atoms with van der Waals surface area (Å²) in [6, 6.07) is 14.6. The monoisotopic (exact) mass is 537 g/mol. The number of carbonyl (C=O) groups excluding carboxylic acids is 3. The lowest BCUT2D eigenvalue weighted by molar-refractivity contribution is -0.136. The number of carbonyl (C=O) groups is 3. The molecular formula is C29H35N3O5S. The SMILES string of the molecule is CCCCN(Cc1ccccc1)C(=O)[C@@H]1CCCN(c2cccc3c2C(=O)N([C@@H]2CCS(=O)(=O)C2)C3=O)C1. The maximum absolute atomic E-state index is 13.7. The van der Waals surface area contributed by atoms with Crippen molar-refractivity contribution in [1.82, 2.24) is 9.80 Å². The number of amides is 3. The predicted octanol–water partition coefficient (Wildman–Crippen LogP) is 3.52. The van der Waals surface area contributed by atoms with E-state index in [2.05, 4.69) is 11.8 Å². The largest absolute Gasteiger partial charge is 0.370 e. The minimum absolute atomic E-state index is 0.00857. The van der Waals surface area contributed by atoms with Gasteiger partial charge in [-0.3, -0.25) is 19.3 Å². The van der Waals surface area contributed by atoms with E-state index in [9.17, 15) is 22.8 Å². The van der Waals surface area contributed by atoms with Crippen LogP contribution in [-0.4, -0.2) is 73.1 Å². The van der Waals surface area contributed by atoms with E-state index in [1.807, 2.05) is 41.3 Å². The molecule has 0 unspecified atom stereocenters. The van der Waals surface area contributed by atoms with Gasteiger partial charge < -0.3 is 9.80 Å². The van der Waals surface area contributed by atoms with E-state index in [-0.39, 0.29) is 29.8 Å². The van der Waals surface area contributed by atoms with Crippen LogP contribution in [-0.2, 0) is 21.2 Å². The molecule has 2 aromatic rings. The smallest absolute Gasteiger partial charge is 0.263 e. The molecule has 3 aliphatic rings. The highest BCUT2D eigenvalue weighted by Crippen LogP contribution is 2.36. The molecule has 2 fully saturated rings. The number of hydrogen-bond acceptors (Lipinski definition) is 6. The Bertz CT molecular complexity index is 1330. The number of fused-ring (bicyclic) bond motifs is 1. The first-order valence-corrected chi connectivity index (χ1v) is 15.4. The number of unbranched alkanes of at least 4 members (excludes halogenated alkanes) is 1. The molecule has 2 atom stereocenters. The van der Waals surface area contributed by atoms with Crippen molar-refractivity contribution in [2.24, 2.45) is 5.92 Å². The Kier molecular flexibility index (Phi) is 7.56. The fraction of sp³-hybridized carbons (Fsp3) is 0.483. The van der Waals surface area contributed by atoms with Crippen molar-refractivity contribution in [2.45, 2.75) is 51.6 Å². The summed E-state index contributed by atoms with van der Waals surface area (Å²) in [6.45, 7) is 4.56. The van der Waals surface area contributed by atoms with Crippen LogP contribution in [0.3, 0.4) is 0 Å². The van der Waals surface area contributed by atoms with Crippen molar-refractivity contribution in [3.05, 3.63) is 65.2 Å². The zero-order valence-corrected chi connectivity index (χ0v) is 22.7. The summed E-state index contributed by atoms with van der Waals surface area (Å²) in [7, 11) is -3.25. The quantitative estimate of drug-likeness (QED) is 0.479. The van der Waals surface area contributed by atoms with Crippen LogP contribution in [0.4, 0.5) is 5.69 Å². The van der Waals surface area contributed by atoms with E-state index in [1.165, 1.54) is 0 Å². The van der Waals surface area contributed by atoms with E-state index < -0.39 is 27.7 Å². The van der Waals surface area contributed by atoms with Gasteiger partial charge in [0.2, 0.25) is 5.91 Å². The van der Waals surface area contributed by atoms with E-state index in [0.717, 1.165) is 36.1 Å². The molecule has 0 radical (unpaired) electrons. The highest BCUT2D eigenvalue weighted by atomic mass is 32.2. The van der Waals surface area contributed by atoms with Crippen molar-refractivity contribution in [3.63, 3.8) is 0 Å². The molecule has 2 aromatic carbocycles. The number of imide groups is 1. The second-order valence-corrected chi connectivity index (χ2v) is 12.8. The third-order valence-corrected chi connectivity index (χ3v) is 9.67. The molecule has 8 nitrogen and oxygen atoms in total. The molecule has 5 rings (SSSR count). The van der Waals surface area contributed by atoms with Crippen molar-refractivity contribution in [1.29, 1.82) is 0 Å². The standard InChI is InChI=1S/C29H35N3O5S/c1-2-3-15-31(18-21-9-5-4-6-10-21)27(33)22-11-8-16-30(19-22)25-13-7-12-24-26(25)29(35)32(28(24)34)23-14-17-38(36,37)20-23/h4-7,9-10,12-13,22-23H,2-3,8,11,14-20H2,1H3/t22-,23-/m1/s1. The van der Waals surface area contributed by atoms with Gasteiger partial charge in [-0.2, -0.15) is 0 Å². The molecule has 202 valence electrons. The lowest BCUT2D eigenvalue weighted by Gasteiger charge is -2.37. The molecular weight excluding hydrogens is 502 g/mol. The van der Waals surface area contributed by atoms with Gasteiger partial charge in [0, 0.05) is 26.2 Å². The molecule has 0 bridgehead atoms. The van der Waals surface area contributed by atoms with Gasteiger partial charge >= 0.3 is 0 Å². The average Bonchev–Trinajstić information content (AvgIpc) is 3.41. The van der Waals surface area contributed by atoms with Gasteiger partial charge in [0.1, 0.15) is 0 Å². The third-order valence-electron chi connectivity index (χ3n) is 7.92. The lowest BCUT2D eigenvalue weighted by Crippen LogP contribution is -2.45. The summed E-state index contributed by atoms with van der Waals surface area (Å²) in [5.41, 5.74) is 2.41. The Hall–Kier alpha value is -3.20. The molecule has 9 heteroatoms. The molecule has 0 saturated carbocycles. The normalized spacial score (nSPS) is 22.6. The molecule has 0 spiro atoms. The Morgan fingerprint density at radius 3 is 2.53 bits per heavy atom. The molecule has 0 aliphatic carbocycles. The van der Waals surface area contributed by atoms with E-state index in [1.54, 1.807) is 12.1 Å². The van der Waals surface area contributed by atoms with Crippen molar-refractivity contribution in [2.75, 3.05) is 36.0 Å². The van der Waals surface area contributed by atoms with Crippen molar-refractivity contribution >= 4 is 33.2 Å². The maximum atomic E-state index is 13.7. The number of rotatable bonds is 8. The first kappa shape index (κ1) is 26.4. The van der Waals surface area contributed by atoms with Crippen LogP contribution >= 0.6 is 0 Å². The van der Waals surface area contributed by atoms with Crippen LogP contribution in [0.25, 0.3) is 0 Å². The number of piperidine rings is 1. The Balaban J connectivity index is 1.36. The van der Waals surface area contributed by atoms with E-state index in [0.29, 0.717) is 43.0 Å². The molecule has 3 aliphatic heterocycles. The molecule has 0 N–H and O–H groups in total. The van der Waals surface area contributed by atoms with Crippen molar-refractivity contribution in [3.8, 4) is 0 Å². The summed E-state index contributed by atoms with van der Waals surface area (Å²) in [4.78, 5) is 45.6. The first-order valence-electron chi connectivity index (χ1n) is 13.6. The predicted molar refractivity (Wildman–Crippen MR) is 146 cm³/mol. The van der Waals surface area contributed by atoms with Gasteiger partial charge in [-0.1, -0.05) is 49.7 Å². The number of benzene rings is 2.